The summed E-state index contributed by atoms with van der Waals surface area (Å²) in [6, 6.07) is 0. The van der Waals surface area contributed by atoms with Crippen LogP contribution in [0.15, 0.2) is 0 Å². The molecule has 0 bridgehead atoms. The Hall–Kier alpha value is -0.410. The maximum Gasteiger partial charge on any atom is 0.152 e. The minimum absolute atomic E-state index is 0.179. The van der Waals surface area contributed by atoms with Crippen molar-refractivity contribution in [1.29, 1.82) is 0 Å². The lowest BCUT2D eigenvalue weighted by Crippen LogP contribution is -2.40. The summed E-state index contributed by atoms with van der Waals surface area (Å²) in [4.78, 5) is 14.3. The van der Waals surface area contributed by atoms with Crippen LogP contribution in [0, 0.1) is 17.8 Å². The minimum atomic E-state index is 0.179. The van der Waals surface area contributed by atoms with Gasteiger partial charge in [-0.25, -0.2) is 0 Å². The van der Waals surface area contributed by atoms with Crippen LogP contribution in [0.25, 0.3) is 0 Å². The Morgan fingerprint density at radius 2 is 2.00 bits per heavy atom. The lowest BCUT2D eigenvalue weighted by molar-refractivity contribution is -0.124. The number of ketones is 1. The molecule has 0 aromatic heterocycles. The summed E-state index contributed by atoms with van der Waals surface area (Å²) < 4.78 is 5.28. The van der Waals surface area contributed by atoms with Gasteiger partial charge < -0.3 is 4.74 Å². The van der Waals surface area contributed by atoms with Gasteiger partial charge in [0.15, 0.2) is 5.78 Å². The highest BCUT2D eigenvalue weighted by Gasteiger charge is 2.27. The highest BCUT2D eigenvalue weighted by molar-refractivity contribution is 5.83. The summed E-state index contributed by atoms with van der Waals surface area (Å²) in [5.74, 6) is 2.22. The number of carbonyl (C=O) groups excluding carboxylic acids is 1. The zero-order valence-corrected chi connectivity index (χ0v) is 11.2. The largest absolute Gasteiger partial charge is 0.381 e. The number of piperidine rings is 1. The average Bonchev–Trinajstić information content (AvgIpc) is 2.83. The number of hydrogen-bond donors (Lipinski definition) is 0. The van der Waals surface area contributed by atoms with Gasteiger partial charge in [-0.2, -0.15) is 0 Å². The minimum Gasteiger partial charge on any atom is -0.381 e. The topological polar surface area (TPSA) is 29.5 Å². The van der Waals surface area contributed by atoms with Crippen molar-refractivity contribution in [2.75, 3.05) is 32.8 Å². The zero-order chi connectivity index (χ0) is 12.3. The Morgan fingerprint density at radius 1 is 1.29 bits per heavy atom. The van der Waals surface area contributed by atoms with Gasteiger partial charge in [0.05, 0.1) is 13.2 Å². The Kier molecular flexibility index (Phi) is 4.57. The van der Waals surface area contributed by atoms with Crippen LogP contribution in [0.3, 0.4) is 0 Å². The first kappa shape index (κ1) is 13.0. The molecule has 3 heteroatoms. The number of Topliss-reactive ketones (excluding diaryl/α,β-unsaturated/α-hetero) is 1. The average molecular weight is 239 g/mol. The quantitative estimate of drug-likeness (QED) is 0.751. The lowest BCUT2D eigenvalue weighted by Gasteiger charge is -2.33. The maximum absolute atomic E-state index is 12.0. The van der Waals surface area contributed by atoms with Gasteiger partial charge in [0.2, 0.25) is 0 Å². The van der Waals surface area contributed by atoms with E-state index in [9.17, 15) is 4.79 Å². The van der Waals surface area contributed by atoms with Gasteiger partial charge in [-0.3, -0.25) is 9.69 Å². The molecule has 0 aromatic rings. The van der Waals surface area contributed by atoms with E-state index in [2.05, 4.69) is 18.7 Å². The monoisotopic (exact) mass is 239 g/mol. The second-order valence-electron chi connectivity index (χ2n) is 5.88. The van der Waals surface area contributed by atoms with Gasteiger partial charge in [0.25, 0.3) is 0 Å². The predicted molar refractivity (Wildman–Crippen MR) is 67.9 cm³/mol. The number of likely N-dealkylation sites (tertiary alicyclic amines) is 1. The Morgan fingerprint density at radius 3 is 2.53 bits per heavy atom. The molecule has 98 valence electrons. The molecular formula is C14H25NO2. The van der Waals surface area contributed by atoms with Crippen LogP contribution in [-0.2, 0) is 9.53 Å². The second kappa shape index (κ2) is 5.96. The molecule has 3 nitrogen and oxygen atoms in total. The molecule has 17 heavy (non-hydrogen) atoms. The normalized spacial score (nSPS) is 27.8. The summed E-state index contributed by atoms with van der Waals surface area (Å²) in [5.41, 5.74) is 0. The van der Waals surface area contributed by atoms with Crippen molar-refractivity contribution in [3.63, 3.8) is 0 Å². The van der Waals surface area contributed by atoms with Crippen LogP contribution in [0.1, 0.15) is 33.1 Å². The molecule has 0 radical (unpaired) electrons. The second-order valence-corrected chi connectivity index (χ2v) is 5.88. The van der Waals surface area contributed by atoms with Crippen LogP contribution in [0.4, 0.5) is 0 Å². The molecule has 0 N–H and O–H groups in total. The van der Waals surface area contributed by atoms with Crippen molar-refractivity contribution in [3.8, 4) is 0 Å². The van der Waals surface area contributed by atoms with Crippen molar-refractivity contribution < 1.29 is 9.53 Å². The molecule has 0 aromatic carbocycles. The summed E-state index contributed by atoms with van der Waals surface area (Å²) in [6.45, 7) is 8.89. The zero-order valence-electron chi connectivity index (χ0n) is 11.2. The van der Waals surface area contributed by atoms with Gasteiger partial charge in [0, 0.05) is 12.5 Å². The molecule has 1 unspecified atom stereocenters. The predicted octanol–water partition coefficient (Wildman–Crippen LogP) is 1.96. The summed E-state index contributed by atoms with van der Waals surface area (Å²) in [7, 11) is 0. The van der Waals surface area contributed by atoms with Crippen molar-refractivity contribution in [1.82, 2.24) is 4.90 Å². The van der Waals surface area contributed by atoms with Crippen LogP contribution in [0.2, 0.25) is 0 Å². The Labute approximate surface area is 105 Å². The molecule has 0 amide bonds. The fourth-order valence-corrected chi connectivity index (χ4v) is 2.92. The van der Waals surface area contributed by atoms with E-state index in [0.717, 1.165) is 38.0 Å². The van der Waals surface area contributed by atoms with Crippen molar-refractivity contribution in [2.45, 2.75) is 33.1 Å². The van der Waals surface area contributed by atoms with E-state index in [4.69, 9.17) is 4.74 Å². The third kappa shape index (κ3) is 3.52. The molecular weight excluding hydrogens is 214 g/mol. The van der Waals surface area contributed by atoms with Crippen LogP contribution in [-0.4, -0.2) is 43.5 Å². The highest BCUT2D eigenvalue weighted by Crippen LogP contribution is 2.24. The van der Waals surface area contributed by atoms with Crippen LogP contribution >= 0.6 is 0 Å². The van der Waals surface area contributed by atoms with Gasteiger partial charge in [-0.1, -0.05) is 13.8 Å². The molecule has 2 rings (SSSR count). The number of ether oxygens (including phenoxy) is 1. The molecule has 2 fully saturated rings. The van der Waals surface area contributed by atoms with Crippen molar-refractivity contribution in [3.05, 3.63) is 0 Å². The van der Waals surface area contributed by atoms with Crippen molar-refractivity contribution >= 4 is 5.78 Å². The molecule has 2 aliphatic heterocycles. The number of hydrogen-bond acceptors (Lipinski definition) is 3. The highest BCUT2D eigenvalue weighted by atomic mass is 16.5. The third-order valence-electron chi connectivity index (χ3n) is 4.34. The van der Waals surface area contributed by atoms with E-state index in [-0.39, 0.29) is 5.92 Å². The van der Waals surface area contributed by atoms with E-state index in [1.54, 1.807) is 0 Å². The van der Waals surface area contributed by atoms with Crippen LogP contribution in [0.5, 0.6) is 0 Å². The molecule has 2 heterocycles. The lowest BCUT2D eigenvalue weighted by atomic mass is 9.86. The van der Waals surface area contributed by atoms with E-state index >= 15 is 0 Å². The summed E-state index contributed by atoms with van der Waals surface area (Å²) >= 11 is 0. The maximum atomic E-state index is 12.0. The number of rotatable bonds is 4. The standard InChI is InChI=1S/C14H25NO2/c1-11(2)12-3-6-15(7-4-12)9-14(16)13-5-8-17-10-13/h11-13H,3-10H2,1-2H3. The fourth-order valence-electron chi connectivity index (χ4n) is 2.92. The fraction of sp³-hybridized carbons (Fsp3) is 0.929. The summed E-state index contributed by atoms with van der Waals surface area (Å²) in [6.07, 6.45) is 3.44. The van der Waals surface area contributed by atoms with Gasteiger partial charge in [0.1, 0.15) is 0 Å². The van der Waals surface area contributed by atoms with E-state index in [1.165, 1.54) is 12.8 Å². The first-order chi connectivity index (χ1) is 8.16. The Bertz CT molecular complexity index is 251. The Balaban J connectivity index is 1.72. The smallest absolute Gasteiger partial charge is 0.152 e. The molecule has 0 spiro atoms. The number of nitrogens with zero attached hydrogens (tertiary/aromatic N) is 1. The molecule has 2 saturated heterocycles. The first-order valence-electron chi connectivity index (χ1n) is 6.99. The summed E-state index contributed by atoms with van der Waals surface area (Å²) in [5, 5.41) is 0. The van der Waals surface area contributed by atoms with Gasteiger partial charge >= 0.3 is 0 Å². The molecule has 0 saturated carbocycles. The van der Waals surface area contributed by atoms with E-state index < -0.39 is 0 Å². The van der Waals surface area contributed by atoms with Crippen molar-refractivity contribution in [2.24, 2.45) is 17.8 Å². The van der Waals surface area contributed by atoms with E-state index in [1.807, 2.05) is 0 Å². The molecule has 0 aliphatic carbocycles. The first-order valence-corrected chi connectivity index (χ1v) is 6.99. The van der Waals surface area contributed by atoms with Gasteiger partial charge in [-0.05, 0) is 44.2 Å². The molecule has 1 atom stereocenters. The van der Waals surface area contributed by atoms with Gasteiger partial charge in [-0.15, -0.1) is 0 Å². The van der Waals surface area contributed by atoms with Crippen LogP contribution < -0.4 is 0 Å². The third-order valence-corrected chi connectivity index (χ3v) is 4.34. The number of carbonyl (C=O) groups is 1. The molecule has 2 aliphatic rings. The SMILES string of the molecule is CC(C)C1CCN(CC(=O)C2CCOC2)CC1. The van der Waals surface area contributed by atoms with E-state index in [0.29, 0.717) is 18.9 Å².